The van der Waals surface area contributed by atoms with Crippen molar-refractivity contribution < 1.29 is 28.2 Å². The summed E-state index contributed by atoms with van der Waals surface area (Å²) in [6, 6.07) is 0. The molecule has 0 aliphatic carbocycles. The van der Waals surface area contributed by atoms with Crippen molar-refractivity contribution in [2.24, 2.45) is 0 Å². The molecule has 0 N–H and O–H groups in total. The molecule has 1 saturated heterocycles. The van der Waals surface area contributed by atoms with Gasteiger partial charge in [-0.15, -0.1) is 0 Å². The van der Waals surface area contributed by atoms with Gasteiger partial charge in [0, 0.05) is 11.2 Å². The van der Waals surface area contributed by atoms with Crippen LogP contribution < -0.4 is 18.9 Å². The van der Waals surface area contributed by atoms with E-state index in [2.05, 4.69) is 0 Å². The smallest absolute Gasteiger partial charge is 0.620 e. The first-order valence-electron chi connectivity index (χ1n) is 3.13. The molecule has 0 amide bonds. The summed E-state index contributed by atoms with van der Waals surface area (Å²) >= 11 is 0. The molecule has 0 unspecified atom stereocenters. The third-order valence-corrected chi connectivity index (χ3v) is 2.14. The maximum atomic E-state index is 5.21. The molecule has 1 heterocycles. The minimum absolute atomic E-state index is 0. The molecule has 1 fully saturated rings. The Kier molecular flexibility index (Phi) is 3.08. The number of rotatable bonds is 0. The van der Waals surface area contributed by atoms with Crippen molar-refractivity contribution in [2.45, 2.75) is 38.9 Å². The van der Waals surface area contributed by atoms with E-state index in [0.717, 1.165) is 0 Å². The van der Waals surface area contributed by atoms with Crippen LogP contribution in [0.25, 0.3) is 0 Å². The van der Waals surface area contributed by atoms with Crippen LogP contribution in [0.4, 0.5) is 0 Å². The van der Waals surface area contributed by atoms with Crippen LogP contribution in [0.3, 0.4) is 0 Å². The molecule has 10 heavy (non-hydrogen) atoms. The number of hydrogen-bond donors (Lipinski definition) is 0. The summed E-state index contributed by atoms with van der Waals surface area (Å²) in [5.41, 5.74) is -0.375. The molecule has 0 aromatic rings. The third kappa shape index (κ3) is 1.60. The van der Waals surface area contributed by atoms with E-state index in [9.17, 15) is 0 Å². The molecule has 0 bridgehead atoms. The van der Waals surface area contributed by atoms with Gasteiger partial charge in [-0.05, 0) is 35.4 Å². The van der Waals surface area contributed by atoms with Crippen LogP contribution in [0, 0.1) is 0 Å². The van der Waals surface area contributed by atoms with E-state index in [1.807, 2.05) is 27.7 Å². The van der Waals surface area contributed by atoms with E-state index in [-0.39, 0.29) is 30.1 Å². The first-order valence-corrected chi connectivity index (χ1v) is 3.13. The molecule has 0 atom stereocenters. The predicted molar refractivity (Wildman–Crippen MR) is 36.1 cm³/mol. The zero-order valence-electron chi connectivity index (χ0n) is 7.39. The zero-order chi connectivity index (χ0) is 7.12. The number of hydrogen-bond acceptors (Lipinski definition) is 2. The van der Waals surface area contributed by atoms with Gasteiger partial charge in [-0.2, -0.15) is 0 Å². The zero-order valence-corrected chi connectivity index (χ0v) is 7.39. The molecule has 0 aromatic carbocycles. The molecule has 1 aliphatic heterocycles. The summed E-state index contributed by atoms with van der Waals surface area (Å²) in [6.45, 7) is 8.04. The predicted octanol–water partition coefficient (Wildman–Crippen LogP) is -1.87. The molecule has 1 rings (SSSR count). The van der Waals surface area contributed by atoms with Crippen molar-refractivity contribution in [3.8, 4) is 0 Å². The van der Waals surface area contributed by atoms with Gasteiger partial charge in [-0.3, -0.25) is 0 Å². The Labute approximate surface area is 75.1 Å². The van der Waals surface area contributed by atoms with Gasteiger partial charge < -0.3 is 9.31 Å². The van der Waals surface area contributed by atoms with Crippen LogP contribution in [0.5, 0.6) is 0 Å². The Balaban J connectivity index is 0.000000810. The van der Waals surface area contributed by atoms with Gasteiger partial charge in [0.15, 0.2) is 0 Å². The van der Waals surface area contributed by atoms with Crippen molar-refractivity contribution in [2.75, 3.05) is 0 Å². The molecule has 0 saturated carbocycles. The molecule has 0 spiro atoms. The van der Waals surface area contributed by atoms with Gasteiger partial charge in [0.2, 0.25) is 0 Å². The van der Waals surface area contributed by atoms with Gasteiger partial charge in [0.25, 0.3) is 0 Å². The summed E-state index contributed by atoms with van der Waals surface area (Å²) in [4.78, 5) is 0. The Bertz CT molecular complexity index is 111. The van der Waals surface area contributed by atoms with Crippen molar-refractivity contribution >= 4 is 7.69 Å². The monoisotopic (exact) mass is 134 g/mol. The summed E-state index contributed by atoms with van der Waals surface area (Å²) in [5, 5.41) is 0. The first kappa shape index (κ1) is 10.6. The fourth-order valence-electron chi connectivity index (χ4n) is 0.548. The Morgan fingerprint density at radius 2 is 1.20 bits per heavy atom. The molecule has 52 valence electrons. The minimum Gasteiger partial charge on any atom is -0.620 e. The minimum atomic E-state index is -0.188. The summed E-state index contributed by atoms with van der Waals surface area (Å²) in [5.74, 6) is 0. The summed E-state index contributed by atoms with van der Waals surface area (Å²) in [7, 11) is 1.42. The maximum absolute atomic E-state index is 5.21. The molecule has 1 aliphatic rings. The van der Waals surface area contributed by atoms with E-state index in [0.29, 0.717) is 0 Å². The molecular formula is C6H12BLiO2. The van der Waals surface area contributed by atoms with E-state index >= 15 is 0 Å². The Hall–Kier alpha value is 0.582. The van der Waals surface area contributed by atoms with Gasteiger partial charge >= 0.3 is 18.9 Å². The third-order valence-electron chi connectivity index (χ3n) is 2.14. The van der Waals surface area contributed by atoms with Gasteiger partial charge in [0.05, 0.1) is 0 Å². The fraction of sp³-hybridized carbons (Fsp3) is 1.00. The first-order chi connectivity index (χ1) is 3.96. The van der Waals surface area contributed by atoms with Gasteiger partial charge in [0.1, 0.15) is 0 Å². The van der Waals surface area contributed by atoms with Crippen molar-refractivity contribution in [3.05, 3.63) is 0 Å². The van der Waals surface area contributed by atoms with Crippen LogP contribution in [0.2, 0.25) is 0 Å². The standard InChI is InChI=1S/C6H12BO2.Li/c1-5(2)6(3,4)9-7-8-5;/h1-4H3;/q-1;+1. The van der Waals surface area contributed by atoms with Crippen molar-refractivity contribution in [3.63, 3.8) is 0 Å². The Morgan fingerprint density at radius 1 is 0.900 bits per heavy atom. The quantitative estimate of drug-likeness (QED) is 0.361. The normalized spacial score (nSPS) is 27.6. The van der Waals surface area contributed by atoms with Crippen molar-refractivity contribution in [1.29, 1.82) is 0 Å². The Morgan fingerprint density at radius 3 is 1.30 bits per heavy atom. The van der Waals surface area contributed by atoms with E-state index in [1.165, 1.54) is 7.69 Å². The van der Waals surface area contributed by atoms with E-state index in [1.54, 1.807) is 0 Å². The second-order valence-electron chi connectivity index (χ2n) is 3.35. The molecule has 2 nitrogen and oxygen atoms in total. The average molecular weight is 134 g/mol. The van der Waals surface area contributed by atoms with Crippen LogP contribution in [-0.2, 0) is 9.31 Å². The second kappa shape index (κ2) is 2.91. The largest absolute Gasteiger partial charge is 1.00 e. The fourth-order valence-corrected chi connectivity index (χ4v) is 0.548. The molecule has 0 aromatic heterocycles. The maximum Gasteiger partial charge on any atom is 1.00 e. The SMILES string of the molecule is CC1(C)O[B-]OC1(C)C.[Li+]. The summed E-state index contributed by atoms with van der Waals surface area (Å²) < 4.78 is 10.4. The van der Waals surface area contributed by atoms with Crippen LogP contribution in [0.1, 0.15) is 27.7 Å². The van der Waals surface area contributed by atoms with Gasteiger partial charge in [-0.25, -0.2) is 0 Å². The second-order valence-corrected chi connectivity index (χ2v) is 3.35. The van der Waals surface area contributed by atoms with E-state index in [4.69, 9.17) is 9.31 Å². The topological polar surface area (TPSA) is 18.5 Å². The van der Waals surface area contributed by atoms with Crippen LogP contribution >= 0.6 is 0 Å². The summed E-state index contributed by atoms with van der Waals surface area (Å²) in [6.07, 6.45) is 0. The van der Waals surface area contributed by atoms with Crippen LogP contribution in [0.15, 0.2) is 0 Å². The van der Waals surface area contributed by atoms with E-state index < -0.39 is 0 Å². The average Bonchev–Trinajstić information content (AvgIpc) is 1.81. The van der Waals surface area contributed by atoms with Crippen LogP contribution in [-0.4, -0.2) is 18.9 Å². The van der Waals surface area contributed by atoms with Gasteiger partial charge in [-0.1, -0.05) is 0 Å². The molecule has 2 radical (unpaired) electrons. The molecule has 4 heteroatoms. The molecular weight excluding hydrogens is 122 g/mol. The van der Waals surface area contributed by atoms with Crippen molar-refractivity contribution in [1.82, 2.24) is 0 Å².